The number of rotatable bonds is 4. The van der Waals surface area contributed by atoms with E-state index < -0.39 is 0 Å². The average Bonchev–Trinajstić information content (AvgIpc) is 2.47. The normalized spacial score (nSPS) is 10.8. The summed E-state index contributed by atoms with van der Waals surface area (Å²) in [6.45, 7) is 4.10. The molecular weight excluding hydrogens is 467 g/mol. The minimum absolute atomic E-state index is 0.00983. The van der Waals surface area contributed by atoms with Crippen LogP contribution in [0.25, 0.3) is 5.57 Å². The smallest absolute Gasteiger partial charge is 0.124 e. The highest BCUT2D eigenvalue weighted by Crippen LogP contribution is 2.41. The number of ether oxygens (including phenoxy) is 1. The van der Waals surface area contributed by atoms with E-state index in [0.717, 1.165) is 32.5 Å². The van der Waals surface area contributed by atoms with E-state index in [0.29, 0.717) is 0 Å². The molecule has 0 saturated carbocycles. The van der Waals surface area contributed by atoms with Crippen LogP contribution in [0.5, 0.6) is 5.75 Å². The highest BCUT2D eigenvalue weighted by atomic mass is 79.9. The first-order valence-electron chi connectivity index (χ1n) is 6.05. The molecule has 1 nitrogen and oxygen atoms in total. The number of benzene rings is 2. The summed E-state index contributed by atoms with van der Waals surface area (Å²) in [6, 6.07) is 10.2. The maximum Gasteiger partial charge on any atom is 0.124 e. The van der Waals surface area contributed by atoms with E-state index in [9.17, 15) is 4.39 Å². The van der Waals surface area contributed by atoms with Gasteiger partial charge >= 0.3 is 0 Å². The van der Waals surface area contributed by atoms with E-state index in [4.69, 9.17) is 4.74 Å². The van der Waals surface area contributed by atoms with Crippen molar-refractivity contribution >= 4 is 53.4 Å². The monoisotopic (exact) mass is 476 g/mol. The Bertz CT molecular complexity index is 666. The number of alkyl halides is 2. The topological polar surface area (TPSA) is 9.23 Å². The number of hydrogen-bond donors (Lipinski definition) is 0. The molecule has 0 radical (unpaired) electrons. The van der Waals surface area contributed by atoms with Gasteiger partial charge in [0.25, 0.3) is 0 Å². The molecule has 0 bridgehead atoms. The minimum atomic E-state index is -0.264. The summed E-state index contributed by atoms with van der Waals surface area (Å²) in [5.41, 5.74) is 3.54. The first kappa shape index (κ1) is 16.7. The summed E-state index contributed by atoms with van der Waals surface area (Å²) < 4.78 is 19.3. The van der Waals surface area contributed by atoms with Gasteiger partial charge in [0.1, 0.15) is 11.6 Å². The van der Waals surface area contributed by atoms with Gasteiger partial charge in [0.05, 0.1) is 10.8 Å². The lowest BCUT2D eigenvalue weighted by Crippen LogP contribution is -1.96. The summed E-state index contributed by atoms with van der Waals surface area (Å²) in [4.78, 5) is 0. The fourth-order valence-electron chi connectivity index (χ4n) is 1.95. The number of halogens is 4. The van der Waals surface area contributed by atoms with Crippen LogP contribution in [0.15, 0.2) is 47.4 Å². The molecule has 2 aromatic carbocycles. The van der Waals surface area contributed by atoms with Gasteiger partial charge in [0.15, 0.2) is 0 Å². The quantitative estimate of drug-likeness (QED) is 0.459. The van der Waals surface area contributed by atoms with Crippen LogP contribution >= 0.6 is 47.8 Å². The van der Waals surface area contributed by atoms with Gasteiger partial charge < -0.3 is 4.74 Å². The summed E-state index contributed by atoms with van der Waals surface area (Å²) in [6.07, 6.45) is 0. The van der Waals surface area contributed by atoms with Crippen molar-refractivity contribution in [3.63, 3.8) is 0 Å². The molecule has 0 unspecified atom stereocenters. The molecule has 0 heterocycles. The molecule has 110 valence electrons. The molecule has 0 aliphatic carbocycles. The number of methoxy groups -OCH3 is 1. The summed E-state index contributed by atoms with van der Waals surface area (Å²) in [7, 11) is 1.62. The molecule has 0 N–H and O–H groups in total. The van der Waals surface area contributed by atoms with Crippen LogP contribution in [0.1, 0.15) is 20.4 Å². The van der Waals surface area contributed by atoms with Crippen LogP contribution < -0.4 is 4.74 Å². The second-order valence-corrected chi connectivity index (χ2v) is 8.27. The highest BCUT2D eigenvalue weighted by molar-refractivity contribution is 9.24. The molecule has 0 aliphatic heterocycles. The lowest BCUT2D eigenvalue weighted by molar-refractivity contribution is 0.411. The maximum atomic E-state index is 13.0. The first-order valence-corrected chi connectivity index (χ1v) is 8.67. The second kappa shape index (κ2) is 7.07. The lowest BCUT2D eigenvalue weighted by atomic mass is 9.98. The molecule has 0 amide bonds. The molecule has 0 atom stereocenters. The second-order valence-electron chi connectivity index (χ2n) is 4.36. The molecule has 2 aromatic rings. The molecular formula is C16H12Br3FO. The van der Waals surface area contributed by atoms with Crippen LogP contribution in [-0.2, 0) is 0 Å². The molecule has 2 rings (SSSR count). The predicted molar refractivity (Wildman–Crippen MR) is 95.8 cm³/mol. The molecule has 0 aromatic heterocycles. The fourth-order valence-corrected chi connectivity index (χ4v) is 3.27. The van der Waals surface area contributed by atoms with Crippen molar-refractivity contribution in [1.29, 1.82) is 0 Å². The largest absolute Gasteiger partial charge is 0.496 e. The molecule has 5 heteroatoms. The van der Waals surface area contributed by atoms with Crippen LogP contribution in [0.2, 0.25) is 0 Å². The van der Waals surface area contributed by atoms with Crippen molar-refractivity contribution in [2.75, 3.05) is 7.11 Å². The van der Waals surface area contributed by atoms with E-state index in [1.165, 1.54) is 12.1 Å². The zero-order valence-electron chi connectivity index (χ0n) is 11.2. The number of hydrogen-bond acceptors (Lipinski definition) is 1. The van der Waals surface area contributed by atoms with E-state index in [-0.39, 0.29) is 9.55 Å². The van der Waals surface area contributed by atoms with E-state index in [2.05, 4.69) is 54.4 Å². The average molecular weight is 479 g/mol. The molecule has 21 heavy (non-hydrogen) atoms. The van der Waals surface area contributed by atoms with Crippen LogP contribution in [0.4, 0.5) is 4.39 Å². The van der Waals surface area contributed by atoms with Crippen LogP contribution in [0, 0.1) is 5.82 Å². The Morgan fingerprint density at radius 2 is 1.81 bits per heavy atom. The first-order chi connectivity index (χ1) is 9.93. The SMILES string of the molecule is C=C(c1ccc(F)cc1)c1cc(OC)c(C(Br)Br)cc1Br. The van der Waals surface area contributed by atoms with Gasteiger partial charge in [-0.2, -0.15) is 0 Å². The molecule has 0 aliphatic rings. The van der Waals surface area contributed by atoms with Gasteiger partial charge in [-0.25, -0.2) is 4.39 Å². The van der Waals surface area contributed by atoms with Gasteiger partial charge in [-0.1, -0.05) is 66.5 Å². The van der Waals surface area contributed by atoms with Gasteiger partial charge in [-0.3, -0.25) is 0 Å². The van der Waals surface area contributed by atoms with E-state index in [1.54, 1.807) is 19.2 Å². The zero-order chi connectivity index (χ0) is 15.6. The third kappa shape index (κ3) is 3.76. The van der Waals surface area contributed by atoms with Crippen molar-refractivity contribution in [1.82, 2.24) is 0 Å². The Labute approximate surface area is 148 Å². The molecule has 0 fully saturated rings. The predicted octanol–water partition coefficient (Wildman–Crippen LogP) is 6.45. The van der Waals surface area contributed by atoms with Gasteiger partial charge in [-0.15, -0.1) is 0 Å². The van der Waals surface area contributed by atoms with E-state index >= 15 is 0 Å². The van der Waals surface area contributed by atoms with Crippen molar-refractivity contribution in [3.8, 4) is 5.75 Å². The van der Waals surface area contributed by atoms with Gasteiger partial charge in [-0.05, 0) is 41.0 Å². The zero-order valence-corrected chi connectivity index (χ0v) is 15.9. The van der Waals surface area contributed by atoms with Crippen molar-refractivity contribution < 1.29 is 9.13 Å². The van der Waals surface area contributed by atoms with Crippen LogP contribution in [-0.4, -0.2) is 7.11 Å². The summed E-state index contributed by atoms with van der Waals surface area (Å²) in [5.74, 6) is 0.482. The van der Waals surface area contributed by atoms with Gasteiger partial charge in [0, 0.05) is 10.0 Å². The Hall–Kier alpha value is -0.650. The van der Waals surface area contributed by atoms with Crippen molar-refractivity contribution in [2.45, 2.75) is 3.74 Å². The van der Waals surface area contributed by atoms with Crippen molar-refractivity contribution in [2.24, 2.45) is 0 Å². The Morgan fingerprint density at radius 3 is 2.33 bits per heavy atom. The maximum absolute atomic E-state index is 13.0. The Morgan fingerprint density at radius 1 is 1.19 bits per heavy atom. The van der Waals surface area contributed by atoms with Crippen LogP contribution in [0.3, 0.4) is 0 Å². The third-order valence-corrected chi connectivity index (χ3v) is 4.71. The Kier molecular flexibility index (Phi) is 5.63. The van der Waals surface area contributed by atoms with Gasteiger partial charge in [0.2, 0.25) is 0 Å². The van der Waals surface area contributed by atoms with E-state index in [1.807, 2.05) is 12.1 Å². The molecule has 0 spiro atoms. The van der Waals surface area contributed by atoms with Crippen molar-refractivity contribution in [3.05, 3.63) is 70.0 Å². The molecule has 0 saturated heterocycles. The Balaban J connectivity index is 2.48. The summed E-state index contributed by atoms with van der Waals surface area (Å²) >= 11 is 10.5. The lowest BCUT2D eigenvalue weighted by Gasteiger charge is -2.15. The highest BCUT2D eigenvalue weighted by Gasteiger charge is 2.16. The fraction of sp³-hybridized carbons (Fsp3) is 0.125. The third-order valence-electron chi connectivity index (χ3n) is 3.07. The minimum Gasteiger partial charge on any atom is -0.496 e. The standard InChI is InChI=1S/C16H12Br3FO/c1-9(10-3-5-11(20)6-4-10)12-8-15(21-2)13(16(18)19)7-14(12)17/h3-8,16H,1H2,2H3. The summed E-state index contributed by atoms with van der Waals surface area (Å²) in [5, 5.41) is 0.